The molecule has 0 aromatic heterocycles. The van der Waals surface area contributed by atoms with E-state index in [0.717, 1.165) is 4.47 Å². The summed E-state index contributed by atoms with van der Waals surface area (Å²) in [5.41, 5.74) is 0. The molecule has 0 spiro atoms. The van der Waals surface area contributed by atoms with Crippen LogP contribution in [0.4, 0.5) is 0 Å². The average molecular weight is 281 g/mol. The molecule has 1 aromatic carbocycles. The monoisotopic (exact) mass is 279 g/mol. The van der Waals surface area contributed by atoms with Gasteiger partial charge in [-0.2, -0.15) is 0 Å². The molecule has 0 saturated heterocycles. The van der Waals surface area contributed by atoms with Crippen molar-refractivity contribution in [1.29, 1.82) is 0 Å². The van der Waals surface area contributed by atoms with Crippen molar-refractivity contribution < 1.29 is 9.84 Å². The fraction of sp³-hybridized carbons (Fsp3) is 0.143. The van der Waals surface area contributed by atoms with Crippen LogP contribution < -0.4 is 4.74 Å². The van der Waals surface area contributed by atoms with Crippen LogP contribution in [0.3, 0.4) is 0 Å². The first-order valence-corrected chi connectivity index (χ1v) is 4.38. The first-order valence-electron chi connectivity index (χ1n) is 2.79. The van der Waals surface area contributed by atoms with E-state index in [1.807, 2.05) is 0 Å². The minimum absolute atomic E-state index is 0.0463. The topological polar surface area (TPSA) is 29.5 Å². The van der Waals surface area contributed by atoms with Crippen molar-refractivity contribution in [2.45, 2.75) is 0 Å². The van der Waals surface area contributed by atoms with Crippen molar-refractivity contribution in [3.8, 4) is 11.5 Å². The third kappa shape index (κ3) is 1.68. The second-order valence-electron chi connectivity index (χ2n) is 1.83. The van der Waals surface area contributed by atoms with Crippen molar-refractivity contribution in [2.24, 2.45) is 0 Å². The van der Waals surface area contributed by atoms with E-state index in [9.17, 15) is 0 Å². The second kappa shape index (κ2) is 3.45. The van der Waals surface area contributed by atoms with Gasteiger partial charge in [-0.3, -0.25) is 0 Å². The number of methoxy groups -OCH3 is 1. The maximum absolute atomic E-state index is 9.15. The number of benzene rings is 1. The summed E-state index contributed by atoms with van der Waals surface area (Å²) in [6.07, 6.45) is 0. The molecule has 2 nitrogen and oxygen atoms in total. The van der Waals surface area contributed by atoms with E-state index in [1.54, 1.807) is 6.07 Å². The van der Waals surface area contributed by atoms with Gasteiger partial charge in [-0.05, 0) is 37.9 Å². The van der Waals surface area contributed by atoms with Crippen molar-refractivity contribution in [1.82, 2.24) is 0 Å². The molecule has 0 aliphatic rings. The summed E-state index contributed by atoms with van der Waals surface area (Å²) < 4.78 is 6.25. The first kappa shape index (κ1) is 8.87. The van der Waals surface area contributed by atoms with Gasteiger partial charge in [0.25, 0.3) is 0 Å². The van der Waals surface area contributed by atoms with Crippen LogP contribution in [-0.2, 0) is 0 Å². The molecule has 0 aliphatic heterocycles. The fourth-order valence-electron chi connectivity index (χ4n) is 0.660. The van der Waals surface area contributed by atoms with E-state index < -0.39 is 0 Å². The van der Waals surface area contributed by atoms with E-state index in [0.29, 0.717) is 10.2 Å². The number of hydrogen-bond acceptors (Lipinski definition) is 2. The largest absolute Gasteiger partial charge is 0.506 e. The highest BCUT2D eigenvalue weighted by Gasteiger charge is 2.08. The van der Waals surface area contributed by atoms with Crippen molar-refractivity contribution in [3.63, 3.8) is 0 Å². The fourth-order valence-corrected chi connectivity index (χ4v) is 1.89. The molecule has 0 unspecified atom stereocenters. The van der Waals surface area contributed by atoms with Crippen LogP contribution in [0.15, 0.2) is 15.0 Å². The van der Waals surface area contributed by atoms with Gasteiger partial charge < -0.3 is 9.84 Å². The van der Waals surface area contributed by atoms with E-state index >= 15 is 0 Å². The summed E-state index contributed by atoms with van der Waals surface area (Å²) >= 11 is 6.40. The summed E-state index contributed by atoms with van der Waals surface area (Å²) in [5, 5.41) is 9.15. The molecule has 1 rings (SSSR count). The number of phenols is 1. The lowest BCUT2D eigenvalue weighted by Gasteiger charge is -2.05. The molecule has 1 radical (unpaired) electrons. The Morgan fingerprint density at radius 2 is 2.18 bits per heavy atom. The maximum Gasteiger partial charge on any atom is 0.151 e. The number of ether oxygens (including phenoxy) is 1. The molecular formula is C7H5Br2O2. The van der Waals surface area contributed by atoms with Crippen molar-refractivity contribution in [2.75, 3.05) is 7.11 Å². The van der Waals surface area contributed by atoms with Gasteiger partial charge >= 0.3 is 0 Å². The number of halogens is 2. The maximum atomic E-state index is 9.15. The molecule has 0 atom stereocenters. The SMILES string of the molecule is COc1c(Br)c[c]c(O)c1Br. The molecule has 59 valence electrons. The molecule has 4 heteroatoms. The van der Waals surface area contributed by atoms with Gasteiger partial charge in [0.15, 0.2) is 5.75 Å². The smallest absolute Gasteiger partial charge is 0.151 e. The van der Waals surface area contributed by atoms with Crippen molar-refractivity contribution in [3.05, 3.63) is 21.1 Å². The Morgan fingerprint density at radius 1 is 1.55 bits per heavy atom. The van der Waals surface area contributed by atoms with E-state index in [1.165, 1.54) is 7.11 Å². The molecule has 0 amide bonds. The van der Waals surface area contributed by atoms with E-state index in [-0.39, 0.29) is 5.75 Å². The lowest BCUT2D eigenvalue weighted by Crippen LogP contribution is -1.85. The zero-order valence-electron chi connectivity index (χ0n) is 5.69. The third-order valence-corrected chi connectivity index (χ3v) is 2.49. The van der Waals surface area contributed by atoms with Crippen LogP contribution in [0.1, 0.15) is 0 Å². The second-order valence-corrected chi connectivity index (χ2v) is 3.48. The number of phenolic OH excluding ortho intramolecular Hbond substituents is 1. The number of hydrogen-bond donors (Lipinski definition) is 1. The van der Waals surface area contributed by atoms with Gasteiger partial charge in [0, 0.05) is 6.07 Å². The highest BCUT2D eigenvalue weighted by Crippen LogP contribution is 2.38. The van der Waals surface area contributed by atoms with Gasteiger partial charge in [0.05, 0.1) is 11.6 Å². The van der Waals surface area contributed by atoms with Crippen molar-refractivity contribution >= 4 is 31.9 Å². The Hall–Kier alpha value is -0.220. The zero-order valence-corrected chi connectivity index (χ0v) is 8.86. The predicted octanol–water partition coefficient (Wildman–Crippen LogP) is 2.73. The Labute approximate surface area is 81.4 Å². The minimum atomic E-state index is 0.0463. The van der Waals surface area contributed by atoms with Gasteiger partial charge in [-0.25, -0.2) is 0 Å². The predicted molar refractivity (Wildman–Crippen MR) is 48.9 cm³/mol. The standard InChI is InChI=1S/C7H5Br2O2/c1-11-7-4(8)2-3-5(10)6(7)9/h2,10H,1H3. The Morgan fingerprint density at radius 3 is 2.64 bits per heavy atom. The molecular weight excluding hydrogens is 276 g/mol. The molecule has 1 aromatic rings. The summed E-state index contributed by atoms with van der Waals surface area (Å²) in [6.45, 7) is 0. The summed E-state index contributed by atoms with van der Waals surface area (Å²) in [7, 11) is 1.53. The van der Waals surface area contributed by atoms with E-state index in [2.05, 4.69) is 37.9 Å². The van der Waals surface area contributed by atoms with Crippen LogP contribution in [0.2, 0.25) is 0 Å². The van der Waals surface area contributed by atoms with Gasteiger partial charge in [-0.1, -0.05) is 0 Å². The van der Waals surface area contributed by atoms with Crippen LogP contribution in [0.25, 0.3) is 0 Å². The van der Waals surface area contributed by atoms with Crippen LogP contribution >= 0.6 is 31.9 Å². The molecule has 1 N–H and O–H groups in total. The molecule has 0 aliphatic carbocycles. The van der Waals surface area contributed by atoms with Crippen LogP contribution in [0, 0.1) is 6.07 Å². The Kier molecular flexibility index (Phi) is 2.78. The highest BCUT2D eigenvalue weighted by molar-refractivity contribution is 9.11. The third-order valence-electron chi connectivity index (χ3n) is 1.16. The average Bonchev–Trinajstić information content (AvgIpc) is 1.99. The normalized spacial score (nSPS) is 9.73. The minimum Gasteiger partial charge on any atom is -0.506 e. The molecule has 0 saturated carbocycles. The highest BCUT2D eigenvalue weighted by atomic mass is 79.9. The van der Waals surface area contributed by atoms with Gasteiger partial charge in [-0.15, -0.1) is 0 Å². The Balaban J connectivity index is 3.29. The summed E-state index contributed by atoms with van der Waals surface area (Å²) in [6, 6.07) is 4.22. The molecule has 11 heavy (non-hydrogen) atoms. The van der Waals surface area contributed by atoms with Gasteiger partial charge in [0.1, 0.15) is 10.2 Å². The van der Waals surface area contributed by atoms with Gasteiger partial charge in [0.2, 0.25) is 0 Å². The zero-order chi connectivity index (χ0) is 8.43. The van der Waals surface area contributed by atoms with Crippen LogP contribution in [-0.4, -0.2) is 12.2 Å². The first-order chi connectivity index (χ1) is 5.16. The summed E-state index contributed by atoms with van der Waals surface area (Å²) in [4.78, 5) is 0. The van der Waals surface area contributed by atoms with Crippen LogP contribution in [0.5, 0.6) is 11.5 Å². The number of aromatic hydroxyl groups is 1. The Bertz CT molecular complexity index is 273. The summed E-state index contributed by atoms with van der Waals surface area (Å²) in [5.74, 6) is 0.617. The number of rotatable bonds is 1. The molecule has 0 bridgehead atoms. The lowest BCUT2D eigenvalue weighted by atomic mass is 10.3. The molecule has 0 heterocycles. The lowest BCUT2D eigenvalue weighted by molar-refractivity contribution is 0.400. The molecule has 0 fully saturated rings. The van der Waals surface area contributed by atoms with E-state index in [4.69, 9.17) is 9.84 Å². The quantitative estimate of drug-likeness (QED) is 0.857.